The number of rotatable bonds is 16. The normalized spacial score (nSPS) is 12.3. The molecule has 2 atom stereocenters. The van der Waals surface area contributed by atoms with Crippen LogP contribution in [0.4, 0.5) is 4.79 Å². The number of alkyl carbamates (subject to hydrolysis) is 1. The number of likely N-dealkylation sites (N-methyl/N-ethyl adjacent to an activating group) is 1. The average molecular weight is 845 g/mol. The second-order valence-corrected chi connectivity index (χ2v) is 14.9. The zero-order valence-electron chi connectivity index (χ0n) is 38.6. The molecule has 0 fully saturated rings. The van der Waals surface area contributed by atoms with E-state index in [0.717, 1.165) is 72.4 Å². The third kappa shape index (κ3) is 15.2. The molecule has 4 aromatic rings. The maximum atomic E-state index is 13.0. The number of amides is 3. The van der Waals surface area contributed by atoms with Gasteiger partial charge in [-0.05, 0) is 87.2 Å². The molecule has 2 unspecified atom stereocenters. The summed E-state index contributed by atoms with van der Waals surface area (Å²) in [6, 6.07) is 12.5. The molecule has 5 rings (SSSR count). The summed E-state index contributed by atoms with van der Waals surface area (Å²) in [6.45, 7) is 18.3. The Bertz CT molecular complexity index is 1900. The molecule has 0 bridgehead atoms. The number of ether oxygens (including phenoxy) is 2. The number of hydrogen-bond donors (Lipinski definition) is 4. The smallest absolute Gasteiger partial charge is 0.407 e. The maximum Gasteiger partial charge on any atom is 0.407 e. The summed E-state index contributed by atoms with van der Waals surface area (Å²) in [6.07, 6.45) is 11.5. The molecule has 2 aromatic heterocycles. The first-order valence-corrected chi connectivity index (χ1v) is 21.8. The van der Waals surface area contributed by atoms with Gasteiger partial charge in [0.25, 0.3) is 6.47 Å². The molecular formula is C47H72N8O6. The monoisotopic (exact) mass is 845 g/mol. The number of hydrogen-bond acceptors (Lipinski definition) is 9. The van der Waals surface area contributed by atoms with Gasteiger partial charge in [0.1, 0.15) is 18.2 Å². The van der Waals surface area contributed by atoms with Crippen LogP contribution in [0.15, 0.2) is 48.8 Å². The Labute approximate surface area is 364 Å². The Balaban J connectivity index is 0.00000116. The van der Waals surface area contributed by atoms with E-state index in [0.29, 0.717) is 31.9 Å². The standard InChI is InChI=1S/C39H52N8O4.2C3H8.C2H4O2/c1-7-19-46(35(48)23-40-5)25(3)37-41-21-33(44-37)28-15-13-27(14-16-28)29-17-18-32(31-12-10-9-11-30(29)31)34-22-42-38(45-34)26(4)47(20-8-2)36(49)24-43-39(50)51-6;2*1-3-2;1-4-2-3/h13-18,21-22,25-26,40H,7-12,19-20,23-24H2,1-6H3,(H,41,44)(H,42,45)(H,43,50);2*3H2,1-2H3;2H,1H3. The van der Waals surface area contributed by atoms with Crippen LogP contribution in [0.1, 0.15) is 129 Å². The third-order valence-electron chi connectivity index (χ3n) is 9.81. The first-order valence-electron chi connectivity index (χ1n) is 21.8. The number of carbonyl (C=O) groups is 4. The van der Waals surface area contributed by atoms with Crippen molar-refractivity contribution in [1.82, 2.24) is 40.4 Å². The summed E-state index contributed by atoms with van der Waals surface area (Å²) in [5, 5.41) is 5.46. The van der Waals surface area contributed by atoms with Gasteiger partial charge >= 0.3 is 6.09 Å². The van der Waals surface area contributed by atoms with Crippen LogP contribution in [-0.4, -0.2) is 102 Å². The molecule has 0 saturated carbocycles. The van der Waals surface area contributed by atoms with Crippen LogP contribution < -0.4 is 10.6 Å². The zero-order valence-corrected chi connectivity index (χ0v) is 38.6. The molecule has 0 saturated heterocycles. The zero-order chi connectivity index (χ0) is 45.3. The van der Waals surface area contributed by atoms with Crippen molar-refractivity contribution < 1.29 is 28.7 Å². The van der Waals surface area contributed by atoms with E-state index in [-0.39, 0.29) is 30.4 Å². The maximum absolute atomic E-state index is 13.0. The van der Waals surface area contributed by atoms with Crippen LogP contribution in [0.3, 0.4) is 0 Å². The van der Waals surface area contributed by atoms with Crippen molar-refractivity contribution in [2.45, 2.75) is 119 Å². The predicted molar refractivity (Wildman–Crippen MR) is 244 cm³/mol. The Hall–Kier alpha value is -5.50. The minimum atomic E-state index is -0.636. The van der Waals surface area contributed by atoms with Gasteiger partial charge in [-0.1, -0.05) is 90.8 Å². The van der Waals surface area contributed by atoms with Crippen molar-refractivity contribution in [1.29, 1.82) is 0 Å². The number of carbonyl (C=O) groups excluding carboxylic acids is 4. The van der Waals surface area contributed by atoms with E-state index in [1.807, 2.05) is 38.1 Å². The van der Waals surface area contributed by atoms with Gasteiger partial charge in [0, 0.05) is 18.7 Å². The molecule has 336 valence electrons. The van der Waals surface area contributed by atoms with E-state index >= 15 is 0 Å². The summed E-state index contributed by atoms with van der Waals surface area (Å²) in [7, 11) is 4.37. The van der Waals surface area contributed by atoms with Gasteiger partial charge in [-0.2, -0.15) is 0 Å². The van der Waals surface area contributed by atoms with Gasteiger partial charge in [-0.15, -0.1) is 0 Å². The molecule has 2 aromatic carbocycles. The first-order chi connectivity index (χ1) is 29.4. The molecule has 1 aliphatic rings. The SMILES string of the molecule is CCC.CCC.CCCN(C(=O)CNC)C(C)c1ncc(-c2ccc(-c3ccc(-c4cnc(C(C)N(CCC)C(=O)CNC(=O)OC)[nH]4)c4c3CCCC4)cc2)[nH]1.COC=O. The lowest BCUT2D eigenvalue weighted by molar-refractivity contribution is -0.133. The quantitative estimate of drug-likeness (QED) is 0.0804. The van der Waals surface area contributed by atoms with Crippen LogP contribution in [0.25, 0.3) is 33.6 Å². The number of nitrogens with zero attached hydrogens (tertiary/aromatic N) is 4. The fourth-order valence-electron chi connectivity index (χ4n) is 7.02. The van der Waals surface area contributed by atoms with Crippen molar-refractivity contribution in [2.75, 3.05) is 47.4 Å². The number of nitrogens with one attached hydrogen (secondary N) is 4. The lowest BCUT2D eigenvalue weighted by atomic mass is 9.82. The van der Waals surface area contributed by atoms with E-state index in [1.54, 1.807) is 11.9 Å². The van der Waals surface area contributed by atoms with E-state index in [2.05, 4.69) is 106 Å². The minimum Gasteiger partial charge on any atom is -0.471 e. The summed E-state index contributed by atoms with van der Waals surface area (Å²) in [5.41, 5.74) is 9.14. The van der Waals surface area contributed by atoms with Crippen LogP contribution in [0.5, 0.6) is 0 Å². The Morgan fingerprint density at radius 3 is 1.64 bits per heavy atom. The van der Waals surface area contributed by atoms with Crippen LogP contribution in [-0.2, 0) is 36.7 Å². The van der Waals surface area contributed by atoms with Crippen LogP contribution in [0, 0.1) is 0 Å². The summed E-state index contributed by atoms with van der Waals surface area (Å²) >= 11 is 0. The fraction of sp³-hybridized carbons (Fsp3) is 0.532. The molecule has 1 aliphatic carbocycles. The molecule has 0 spiro atoms. The van der Waals surface area contributed by atoms with Gasteiger partial charge in [-0.3, -0.25) is 14.4 Å². The average Bonchev–Trinajstić information content (AvgIpc) is 3.98. The number of aromatic nitrogens is 4. The first kappa shape index (κ1) is 51.6. The highest BCUT2D eigenvalue weighted by molar-refractivity contribution is 5.83. The van der Waals surface area contributed by atoms with E-state index in [9.17, 15) is 14.4 Å². The highest BCUT2D eigenvalue weighted by atomic mass is 16.5. The molecule has 14 heteroatoms. The molecule has 2 heterocycles. The second kappa shape index (κ2) is 28.1. The van der Waals surface area contributed by atoms with Gasteiger partial charge in [0.15, 0.2) is 0 Å². The van der Waals surface area contributed by atoms with Gasteiger partial charge in [-0.25, -0.2) is 14.8 Å². The lowest BCUT2D eigenvalue weighted by Crippen LogP contribution is -2.42. The number of methoxy groups -OCH3 is 2. The molecule has 61 heavy (non-hydrogen) atoms. The van der Waals surface area contributed by atoms with Gasteiger partial charge < -0.3 is 39.9 Å². The van der Waals surface area contributed by atoms with Gasteiger partial charge in [0.2, 0.25) is 11.8 Å². The highest BCUT2D eigenvalue weighted by Crippen LogP contribution is 2.38. The number of benzene rings is 2. The molecular weight excluding hydrogens is 773 g/mol. The van der Waals surface area contributed by atoms with Crippen molar-refractivity contribution in [3.63, 3.8) is 0 Å². The molecule has 0 radical (unpaired) electrons. The Morgan fingerprint density at radius 2 is 1.16 bits per heavy atom. The second-order valence-electron chi connectivity index (χ2n) is 14.9. The van der Waals surface area contributed by atoms with Gasteiger partial charge in [0.05, 0.1) is 56.6 Å². The number of aromatic amines is 2. The van der Waals surface area contributed by atoms with Crippen LogP contribution in [0.2, 0.25) is 0 Å². The molecule has 4 N–H and O–H groups in total. The number of imidazole rings is 2. The van der Waals surface area contributed by atoms with Crippen molar-refractivity contribution in [2.24, 2.45) is 0 Å². The van der Waals surface area contributed by atoms with E-state index in [4.69, 9.17) is 9.78 Å². The highest BCUT2D eigenvalue weighted by Gasteiger charge is 2.26. The number of H-pyrrole nitrogens is 2. The van der Waals surface area contributed by atoms with Crippen molar-refractivity contribution in [3.05, 3.63) is 71.6 Å². The molecule has 14 nitrogen and oxygen atoms in total. The Kier molecular flexibility index (Phi) is 23.8. The van der Waals surface area contributed by atoms with Crippen molar-refractivity contribution >= 4 is 24.4 Å². The summed E-state index contributed by atoms with van der Waals surface area (Å²) < 4.78 is 8.48. The van der Waals surface area contributed by atoms with Crippen molar-refractivity contribution in [3.8, 4) is 33.6 Å². The predicted octanol–water partition coefficient (Wildman–Crippen LogP) is 8.81. The fourth-order valence-corrected chi connectivity index (χ4v) is 7.02. The van der Waals surface area contributed by atoms with E-state index in [1.165, 1.54) is 43.8 Å². The summed E-state index contributed by atoms with van der Waals surface area (Å²) in [5.74, 6) is 1.34. The number of fused-ring (bicyclic) bond motifs is 1. The summed E-state index contributed by atoms with van der Waals surface area (Å²) in [4.78, 5) is 66.2. The Morgan fingerprint density at radius 1 is 0.721 bits per heavy atom. The molecule has 0 aliphatic heterocycles. The third-order valence-corrected chi connectivity index (χ3v) is 9.81. The molecule has 3 amide bonds. The largest absolute Gasteiger partial charge is 0.471 e. The minimum absolute atomic E-state index is 0.0583. The topological polar surface area (TPSA) is 175 Å². The van der Waals surface area contributed by atoms with Crippen LogP contribution >= 0.6 is 0 Å². The van der Waals surface area contributed by atoms with E-state index < -0.39 is 6.09 Å². The lowest BCUT2D eigenvalue weighted by Gasteiger charge is -2.28.